The lowest BCUT2D eigenvalue weighted by Crippen LogP contribution is -2.17. The smallest absolute Gasteiger partial charge is 0.0571 e. The van der Waals surface area contributed by atoms with Gasteiger partial charge in [0.25, 0.3) is 0 Å². The van der Waals surface area contributed by atoms with Gasteiger partial charge >= 0.3 is 0 Å². The maximum absolute atomic E-state index is 2.42. The van der Waals surface area contributed by atoms with Crippen LogP contribution in [-0.2, 0) is 6.42 Å². The molecule has 0 unspecified atom stereocenters. The largest absolute Gasteiger partial charge is 0.0895 e. The highest BCUT2D eigenvalue weighted by Gasteiger charge is 2.15. The van der Waals surface area contributed by atoms with Crippen molar-refractivity contribution in [2.75, 3.05) is 0 Å². The van der Waals surface area contributed by atoms with Crippen LogP contribution >= 0.6 is 47.0 Å². The van der Waals surface area contributed by atoms with Gasteiger partial charge in [-0.05, 0) is 67.6 Å². The lowest BCUT2D eigenvalue weighted by Gasteiger charge is -2.12. The minimum absolute atomic E-state index is 0.918. The van der Waals surface area contributed by atoms with Crippen molar-refractivity contribution < 1.29 is 0 Å². The number of rotatable bonds is 3. The van der Waals surface area contributed by atoms with Crippen LogP contribution in [0.2, 0.25) is 0 Å². The normalized spacial score (nSPS) is 15.6. The van der Waals surface area contributed by atoms with Gasteiger partial charge in [-0.2, -0.15) is 0 Å². The minimum Gasteiger partial charge on any atom is -0.0895 e. The molecule has 0 amide bonds. The molecule has 0 nitrogen and oxygen atoms in total. The van der Waals surface area contributed by atoms with E-state index in [4.69, 9.17) is 0 Å². The average molecular weight is 511 g/mol. The van der Waals surface area contributed by atoms with Gasteiger partial charge in [0, 0.05) is 10.4 Å². The number of hydrogen-bond acceptors (Lipinski definition) is 4. The lowest BCUT2D eigenvalue weighted by molar-refractivity contribution is 1.29. The Morgan fingerprint density at radius 1 is 0.618 bits per heavy atom. The highest BCUT2D eigenvalue weighted by atomic mass is 32.2. The molecule has 4 aromatic carbocycles. The Bertz CT molecular complexity index is 1600. The molecular weight excluding hydrogens is 489 g/mol. The molecule has 34 heavy (non-hydrogen) atoms. The zero-order valence-electron chi connectivity index (χ0n) is 18.7. The predicted molar refractivity (Wildman–Crippen MR) is 160 cm³/mol. The number of thioether (sulfide) groups is 4. The molecule has 4 aromatic rings. The summed E-state index contributed by atoms with van der Waals surface area (Å²) < 4.78 is 2.74. The Morgan fingerprint density at radius 2 is 1.18 bits per heavy atom. The summed E-state index contributed by atoms with van der Waals surface area (Å²) >= 11 is 7.36. The summed E-state index contributed by atoms with van der Waals surface area (Å²) in [5.74, 6) is 0. The molecule has 4 heteroatoms. The molecule has 6 rings (SSSR count). The van der Waals surface area contributed by atoms with Gasteiger partial charge in [-0.1, -0.05) is 131 Å². The number of aryl methyl sites for hydroxylation is 1. The zero-order chi connectivity index (χ0) is 22.9. The fraction of sp³-hybridized carbons (Fsp3) is 0.0667. The monoisotopic (exact) mass is 510 g/mol. The van der Waals surface area contributed by atoms with Crippen molar-refractivity contribution in [3.8, 4) is 0 Å². The quantitative estimate of drug-likeness (QED) is 0.253. The van der Waals surface area contributed by atoms with E-state index in [1.165, 1.54) is 57.1 Å². The molecule has 0 spiro atoms. The molecule has 0 bridgehead atoms. The van der Waals surface area contributed by atoms with E-state index in [9.17, 15) is 0 Å². The van der Waals surface area contributed by atoms with Crippen molar-refractivity contribution in [1.82, 2.24) is 0 Å². The van der Waals surface area contributed by atoms with Gasteiger partial charge in [-0.3, -0.25) is 0 Å². The average Bonchev–Trinajstić information content (AvgIpc) is 3.58. The highest BCUT2D eigenvalue weighted by molar-refractivity contribution is 8.35. The summed E-state index contributed by atoms with van der Waals surface area (Å²) in [4.78, 5) is 0. The van der Waals surface area contributed by atoms with Crippen LogP contribution in [0.25, 0.3) is 36.1 Å². The zero-order valence-corrected chi connectivity index (χ0v) is 21.9. The molecular formula is C30H22S4. The molecule has 0 aliphatic carbocycles. The van der Waals surface area contributed by atoms with E-state index < -0.39 is 0 Å². The van der Waals surface area contributed by atoms with Gasteiger partial charge in [0.1, 0.15) is 0 Å². The van der Waals surface area contributed by atoms with E-state index in [1.54, 1.807) is 0 Å². The van der Waals surface area contributed by atoms with Gasteiger partial charge in [0.2, 0.25) is 0 Å². The SMILES string of the molecule is Cc1ccc(/C=C/Cc2ccc3c(=C4SC=CS4)c4ccccc4c(=C4SC=CS4)c3c2)cc1. The second-order valence-electron chi connectivity index (χ2n) is 8.28. The number of fused-ring (bicyclic) bond motifs is 2. The third kappa shape index (κ3) is 4.29. The van der Waals surface area contributed by atoms with Crippen LogP contribution in [0.3, 0.4) is 0 Å². The third-order valence-electron chi connectivity index (χ3n) is 6.05. The molecule has 0 radical (unpaired) electrons. The fourth-order valence-electron chi connectivity index (χ4n) is 4.45. The molecule has 0 atom stereocenters. The van der Waals surface area contributed by atoms with E-state index in [2.05, 4.69) is 107 Å². The molecule has 166 valence electrons. The number of allylic oxidation sites excluding steroid dienone is 1. The Morgan fingerprint density at radius 3 is 1.79 bits per heavy atom. The first-order valence-corrected chi connectivity index (χ1v) is 14.7. The van der Waals surface area contributed by atoms with E-state index in [0.29, 0.717) is 0 Å². The maximum Gasteiger partial charge on any atom is 0.0571 e. The van der Waals surface area contributed by atoms with Crippen molar-refractivity contribution in [2.45, 2.75) is 13.3 Å². The number of hydrogen-bond donors (Lipinski definition) is 0. The Balaban J connectivity index is 1.56. The lowest BCUT2D eigenvalue weighted by atomic mass is 9.96. The second kappa shape index (κ2) is 9.79. The maximum atomic E-state index is 2.42. The van der Waals surface area contributed by atoms with Crippen LogP contribution in [0.1, 0.15) is 16.7 Å². The van der Waals surface area contributed by atoms with Gasteiger partial charge < -0.3 is 0 Å². The first kappa shape index (κ1) is 22.2. The summed E-state index contributed by atoms with van der Waals surface area (Å²) in [6.45, 7) is 2.13. The molecule has 2 aliphatic rings. The first-order chi connectivity index (χ1) is 16.8. The molecule has 2 aliphatic heterocycles. The standard InChI is InChI=1S/C30H22S4/c1-20-9-11-21(12-10-20)5-4-6-22-13-14-25-26(19-22)28(30-33-17-18-34-30)24-8-3-2-7-23(24)27(25)29-31-15-16-32-29/h2-5,7-19H,6H2,1H3/b5-4+. The Labute approximate surface area is 217 Å². The van der Waals surface area contributed by atoms with E-state index in [0.717, 1.165) is 6.42 Å². The van der Waals surface area contributed by atoms with Gasteiger partial charge in [0.05, 0.1) is 8.47 Å². The Hall–Kier alpha value is -2.24. The number of benzene rings is 4. The van der Waals surface area contributed by atoms with E-state index in [1.807, 2.05) is 47.0 Å². The van der Waals surface area contributed by atoms with E-state index in [-0.39, 0.29) is 0 Å². The van der Waals surface area contributed by atoms with Crippen molar-refractivity contribution >= 4 is 83.1 Å². The molecule has 0 N–H and O–H groups in total. The predicted octanol–water partition coefficient (Wildman–Crippen LogP) is 8.59. The topological polar surface area (TPSA) is 0 Å². The van der Waals surface area contributed by atoms with Crippen molar-refractivity contribution in [1.29, 1.82) is 0 Å². The molecule has 0 fully saturated rings. The van der Waals surface area contributed by atoms with Crippen LogP contribution < -0.4 is 10.4 Å². The van der Waals surface area contributed by atoms with Crippen LogP contribution in [0.15, 0.2) is 94.4 Å². The van der Waals surface area contributed by atoms with Gasteiger partial charge in [0.15, 0.2) is 0 Å². The molecule has 0 saturated carbocycles. The first-order valence-electron chi connectivity index (χ1n) is 11.2. The molecule has 2 heterocycles. The van der Waals surface area contributed by atoms with Gasteiger partial charge in [-0.25, -0.2) is 0 Å². The highest BCUT2D eigenvalue weighted by Crippen LogP contribution is 2.41. The van der Waals surface area contributed by atoms with Gasteiger partial charge in [-0.15, -0.1) is 0 Å². The summed E-state index contributed by atoms with van der Waals surface area (Å²) in [7, 11) is 0. The van der Waals surface area contributed by atoms with Crippen molar-refractivity contribution in [2.24, 2.45) is 0 Å². The summed E-state index contributed by atoms with van der Waals surface area (Å²) in [6, 6.07) is 24.7. The molecule has 0 aromatic heterocycles. The van der Waals surface area contributed by atoms with Crippen LogP contribution in [0, 0.1) is 6.92 Å². The fourth-order valence-corrected chi connectivity index (χ4v) is 8.30. The van der Waals surface area contributed by atoms with Crippen LogP contribution in [-0.4, -0.2) is 0 Å². The molecule has 0 saturated heterocycles. The summed E-state index contributed by atoms with van der Waals surface area (Å²) in [6.07, 6.45) is 5.43. The van der Waals surface area contributed by atoms with Crippen molar-refractivity contribution in [3.05, 3.63) is 122 Å². The minimum atomic E-state index is 0.918. The van der Waals surface area contributed by atoms with Crippen molar-refractivity contribution in [3.63, 3.8) is 0 Å². The Kier molecular flexibility index (Phi) is 6.40. The summed E-state index contributed by atoms with van der Waals surface area (Å²) in [5, 5.41) is 16.9. The van der Waals surface area contributed by atoms with E-state index >= 15 is 0 Å². The van der Waals surface area contributed by atoms with Crippen LogP contribution in [0.4, 0.5) is 0 Å². The van der Waals surface area contributed by atoms with Crippen LogP contribution in [0.5, 0.6) is 0 Å². The second-order valence-corrected chi connectivity index (χ2v) is 12.5. The third-order valence-corrected chi connectivity index (χ3v) is 10.3. The summed E-state index contributed by atoms with van der Waals surface area (Å²) in [5.41, 5.74) is 3.89.